The second-order valence-electron chi connectivity index (χ2n) is 6.88. The third kappa shape index (κ3) is 6.37. The molecule has 0 atom stereocenters. The monoisotopic (exact) mass is 466 g/mol. The second kappa shape index (κ2) is 10.4. The number of amides is 2. The van der Waals surface area contributed by atoms with Gasteiger partial charge in [-0.15, -0.1) is 11.8 Å². The van der Waals surface area contributed by atoms with Gasteiger partial charge < -0.3 is 10.6 Å². The summed E-state index contributed by atoms with van der Waals surface area (Å²) in [6.07, 6.45) is 0. The molecule has 33 heavy (non-hydrogen) atoms. The van der Waals surface area contributed by atoms with Gasteiger partial charge in [-0.2, -0.15) is 0 Å². The van der Waals surface area contributed by atoms with Crippen molar-refractivity contribution in [3.8, 4) is 0 Å². The van der Waals surface area contributed by atoms with Crippen LogP contribution >= 0.6 is 11.8 Å². The topological polar surface area (TPSA) is 144 Å². The van der Waals surface area contributed by atoms with Gasteiger partial charge in [0.15, 0.2) is 0 Å². The fourth-order valence-electron chi connectivity index (χ4n) is 2.81. The van der Waals surface area contributed by atoms with Crippen LogP contribution in [0.3, 0.4) is 0 Å². The first kappa shape index (κ1) is 23.4. The number of hydrogen-bond acceptors (Lipinski definition) is 7. The van der Waals surface area contributed by atoms with E-state index in [0.29, 0.717) is 16.9 Å². The summed E-state index contributed by atoms with van der Waals surface area (Å²) in [6, 6.07) is 16.4. The van der Waals surface area contributed by atoms with Crippen molar-refractivity contribution >= 4 is 46.3 Å². The number of anilines is 2. The van der Waals surface area contributed by atoms with E-state index < -0.39 is 15.8 Å². The Bertz CT molecular complexity index is 1210. The molecule has 168 valence electrons. The number of non-ortho nitro benzene ring substituents is 2. The van der Waals surface area contributed by atoms with Gasteiger partial charge in [0.1, 0.15) is 0 Å². The van der Waals surface area contributed by atoms with Gasteiger partial charge in [-0.1, -0.05) is 0 Å². The van der Waals surface area contributed by atoms with Crippen LogP contribution in [0.5, 0.6) is 0 Å². The molecule has 0 aromatic heterocycles. The number of nitrogens with zero attached hydrogens (tertiary/aromatic N) is 2. The zero-order chi connectivity index (χ0) is 24.0. The Labute approximate surface area is 192 Å². The van der Waals surface area contributed by atoms with E-state index in [9.17, 15) is 29.8 Å². The lowest BCUT2D eigenvalue weighted by Gasteiger charge is -2.09. The van der Waals surface area contributed by atoms with Crippen molar-refractivity contribution in [1.29, 1.82) is 0 Å². The van der Waals surface area contributed by atoms with Gasteiger partial charge in [-0.25, -0.2) is 0 Å². The van der Waals surface area contributed by atoms with E-state index in [2.05, 4.69) is 10.6 Å². The van der Waals surface area contributed by atoms with Gasteiger partial charge in [0.2, 0.25) is 5.91 Å². The Morgan fingerprint density at radius 1 is 0.848 bits per heavy atom. The highest BCUT2D eigenvalue weighted by Gasteiger charge is 2.12. The molecule has 0 fully saturated rings. The zero-order valence-electron chi connectivity index (χ0n) is 17.3. The fourth-order valence-corrected chi connectivity index (χ4v) is 3.51. The molecule has 2 amide bonds. The van der Waals surface area contributed by atoms with E-state index in [-0.39, 0.29) is 28.6 Å². The number of nitrogens with one attached hydrogen (secondary N) is 2. The minimum Gasteiger partial charge on any atom is -0.325 e. The minimum atomic E-state index is -0.536. The first-order valence-corrected chi connectivity index (χ1v) is 10.5. The molecule has 0 saturated carbocycles. The molecule has 3 rings (SSSR count). The van der Waals surface area contributed by atoms with Crippen LogP contribution in [0, 0.1) is 27.2 Å². The number of carbonyl (C=O) groups is 2. The van der Waals surface area contributed by atoms with Crippen LogP contribution in [0.4, 0.5) is 22.7 Å². The van der Waals surface area contributed by atoms with E-state index >= 15 is 0 Å². The van der Waals surface area contributed by atoms with Crippen molar-refractivity contribution in [2.24, 2.45) is 0 Å². The van der Waals surface area contributed by atoms with E-state index in [0.717, 1.165) is 4.90 Å². The molecule has 0 heterocycles. The van der Waals surface area contributed by atoms with Gasteiger partial charge in [0.05, 0.1) is 15.6 Å². The number of aryl methyl sites for hydroxylation is 1. The molecule has 2 N–H and O–H groups in total. The second-order valence-corrected chi connectivity index (χ2v) is 7.92. The Balaban J connectivity index is 1.52. The van der Waals surface area contributed by atoms with E-state index in [1.54, 1.807) is 31.2 Å². The normalized spacial score (nSPS) is 10.3. The Morgan fingerprint density at radius 3 is 2.03 bits per heavy atom. The standard InChI is InChI=1S/C22H18N4O6S/c1-14-12-18(26(31)32)8-11-20(14)24-21(27)13-33-19-9-4-16(5-10-19)23-22(28)15-2-6-17(7-3-15)25(29)30/h2-12H,13H2,1H3,(H,23,28)(H,24,27). The molecule has 0 aliphatic heterocycles. The first-order valence-electron chi connectivity index (χ1n) is 9.56. The third-order valence-corrected chi connectivity index (χ3v) is 5.53. The molecule has 0 aliphatic rings. The van der Waals surface area contributed by atoms with Gasteiger partial charge in [0.25, 0.3) is 17.3 Å². The number of benzene rings is 3. The van der Waals surface area contributed by atoms with Gasteiger partial charge in [-0.05, 0) is 55.0 Å². The predicted octanol–water partition coefficient (Wildman–Crippen LogP) is 4.79. The molecule has 0 unspecified atom stereocenters. The summed E-state index contributed by atoms with van der Waals surface area (Å²) in [5, 5.41) is 26.9. The summed E-state index contributed by atoms with van der Waals surface area (Å²) in [4.78, 5) is 45.8. The number of carbonyl (C=O) groups excluding carboxylic acids is 2. The molecule has 0 saturated heterocycles. The number of nitro groups is 2. The average molecular weight is 466 g/mol. The van der Waals surface area contributed by atoms with Crippen molar-refractivity contribution in [3.05, 3.63) is 98.1 Å². The van der Waals surface area contributed by atoms with E-state index in [1.165, 1.54) is 54.2 Å². The molecule has 0 radical (unpaired) electrons. The lowest BCUT2D eigenvalue weighted by atomic mass is 10.2. The third-order valence-electron chi connectivity index (χ3n) is 4.52. The van der Waals surface area contributed by atoms with Crippen molar-refractivity contribution in [2.45, 2.75) is 11.8 Å². The Kier molecular flexibility index (Phi) is 7.36. The van der Waals surface area contributed by atoms with Crippen LogP contribution in [-0.4, -0.2) is 27.4 Å². The predicted molar refractivity (Wildman–Crippen MR) is 125 cm³/mol. The smallest absolute Gasteiger partial charge is 0.269 e. The van der Waals surface area contributed by atoms with Crippen LogP contribution in [0.1, 0.15) is 15.9 Å². The minimum absolute atomic E-state index is 0.0411. The van der Waals surface area contributed by atoms with Gasteiger partial charge >= 0.3 is 0 Å². The number of rotatable bonds is 8. The van der Waals surface area contributed by atoms with E-state index in [1.807, 2.05) is 0 Å². The summed E-state index contributed by atoms with van der Waals surface area (Å²) in [5.41, 5.74) is 1.79. The average Bonchev–Trinajstić information content (AvgIpc) is 2.80. The zero-order valence-corrected chi connectivity index (χ0v) is 18.1. The SMILES string of the molecule is Cc1cc([N+](=O)[O-])ccc1NC(=O)CSc1ccc(NC(=O)c2ccc([N+](=O)[O-])cc2)cc1. The highest BCUT2D eigenvalue weighted by Crippen LogP contribution is 2.24. The van der Waals surface area contributed by atoms with Crippen molar-refractivity contribution < 1.29 is 19.4 Å². The number of hydrogen-bond donors (Lipinski definition) is 2. The largest absolute Gasteiger partial charge is 0.325 e. The molecule has 3 aromatic carbocycles. The van der Waals surface area contributed by atoms with Crippen LogP contribution < -0.4 is 10.6 Å². The number of thioether (sulfide) groups is 1. The lowest BCUT2D eigenvalue weighted by molar-refractivity contribution is -0.385. The summed E-state index contributed by atoms with van der Waals surface area (Å²) in [6.45, 7) is 1.68. The Hall–Kier alpha value is -4.25. The maximum absolute atomic E-state index is 12.3. The summed E-state index contributed by atoms with van der Waals surface area (Å²) < 4.78 is 0. The van der Waals surface area contributed by atoms with Gasteiger partial charge in [-0.3, -0.25) is 29.8 Å². The molecule has 10 nitrogen and oxygen atoms in total. The summed E-state index contributed by atoms with van der Waals surface area (Å²) in [5.74, 6) is -0.527. The molecular weight excluding hydrogens is 448 g/mol. The lowest BCUT2D eigenvalue weighted by Crippen LogP contribution is -2.15. The number of nitro benzene ring substituents is 2. The fraction of sp³-hybridized carbons (Fsp3) is 0.0909. The highest BCUT2D eigenvalue weighted by molar-refractivity contribution is 8.00. The summed E-state index contributed by atoms with van der Waals surface area (Å²) >= 11 is 1.29. The molecule has 11 heteroatoms. The van der Waals surface area contributed by atoms with Crippen LogP contribution in [0.15, 0.2) is 71.6 Å². The first-order chi connectivity index (χ1) is 15.7. The molecular formula is C22H18N4O6S. The summed E-state index contributed by atoms with van der Waals surface area (Å²) in [7, 11) is 0. The van der Waals surface area contributed by atoms with Crippen LogP contribution in [0.25, 0.3) is 0 Å². The molecule has 3 aromatic rings. The maximum atomic E-state index is 12.3. The van der Waals surface area contributed by atoms with Crippen molar-refractivity contribution in [2.75, 3.05) is 16.4 Å². The quantitative estimate of drug-likeness (QED) is 0.276. The molecule has 0 aliphatic carbocycles. The van der Waals surface area contributed by atoms with Crippen LogP contribution in [-0.2, 0) is 4.79 Å². The molecule has 0 spiro atoms. The molecule has 0 bridgehead atoms. The van der Waals surface area contributed by atoms with Crippen molar-refractivity contribution in [1.82, 2.24) is 0 Å². The Morgan fingerprint density at radius 2 is 1.45 bits per heavy atom. The highest BCUT2D eigenvalue weighted by atomic mass is 32.2. The van der Waals surface area contributed by atoms with E-state index in [4.69, 9.17) is 0 Å². The van der Waals surface area contributed by atoms with Gasteiger partial charge in [0, 0.05) is 46.1 Å². The van der Waals surface area contributed by atoms with Crippen LogP contribution in [0.2, 0.25) is 0 Å². The maximum Gasteiger partial charge on any atom is 0.269 e. The van der Waals surface area contributed by atoms with Crippen molar-refractivity contribution in [3.63, 3.8) is 0 Å².